The van der Waals surface area contributed by atoms with E-state index in [1.54, 1.807) is 6.20 Å². The van der Waals surface area contributed by atoms with E-state index in [9.17, 15) is 4.79 Å². The van der Waals surface area contributed by atoms with Gasteiger partial charge in [0.15, 0.2) is 5.82 Å². The molecular formula is C13H15N5O. The number of fused-ring (bicyclic) bond motifs is 1. The zero-order valence-corrected chi connectivity index (χ0v) is 10.4. The first-order valence-corrected chi connectivity index (χ1v) is 6.24. The molecule has 19 heavy (non-hydrogen) atoms. The van der Waals surface area contributed by atoms with Gasteiger partial charge in [0.05, 0.1) is 6.20 Å². The van der Waals surface area contributed by atoms with Crippen LogP contribution in [0.2, 0.25) is 0 Å². The van der Waals surface area contributed by atoms with Gasteiger partial charge < -0.3 is 16.0 Å². The van der Waals surface area contributed by atoms with Crippen molar-refractivity contribution >= 4 is 22.5 Å². The van der Waals surface area contributed by atoms with Crippen molar-refractivity contribution in [1.82, 2.24) is 15.5 Å². The first kappa shape index (κ1) is 11.9. The van der Waals surface area contributed by atoms with E-state index in [1.165, 1.54) is 0 Å². The number of anilines is 1. The van der Waals surface area contributed by atoms with Crippen LogP contribution in [0.3, 0.4) is 0 Å². The van der Waals surface area contributed by atoms with E-state index >= 15 is 0 Å². The van der Waals surface area contributed by atoms with Gasteiger partial charge in [-0.05, 0) is 0 Å². The van der Waals surface area contributed by atoms with Crippen molar-refractivity contribution in [3.05, 3.63) is 30.5 Å². The third-order valence-corrected chi connectivity index (χ3v) is 3.39. The van der Waals surface area contributed by atoms with Crippen molar-refractivity contribution in [2.45, 2.75) is 6.04 Å². The first-order valence-electron chi connectivity index (χ1n) is 6.24. The first-order chi connectivity index (χ1) is 9.27. The Kier molecular flexibility index (Phi) is 3.00. The Labute approximate surface area is 110 Å². The van der Waals surface area contributed by atoms with Crippen LogP contribution in [0.4, 0.5) is 5.82 Å². The van der Waals surface area contributed by atoms with Crippen molar-refractivity contribution in [3.8, 4) is 0 Å². The summed E-state index contributed by atoms with van der Waals surface area (Å²) in [4.78, 5) is 13.5. The van der Waals surface area contributed by atoms with E-state index in [2.05, 4.69) is 15.5 Å². The molecule has 1 fully saturated rings. The summed E-state index contributed by atoms with van der Waals surface area (Å²) in [5.41, 5.74) is 5.47. The summed E-state index contributed by atoms with van der Waals surface area (Å²) in [6.07, 6.45) is 1.72. The number of hydrogen-bond donors (Lipinski definition) is 2. The number of benzene rings is 1. The molecule has 1 aromatic carbocycles. The lowest BCUT2D eigenvalue weighted by Gasteiger charge is -2.35. The average molecular weight is 257 g/mol. The van der Waals surface area contributed by atoms with Crippen molar-refractivity contribution < 1.29 is 4.79 Å². The highest BCUT2D eigenvalue weighted by Gasteiger charge is 2.29. The lowest BCUT2D eigenvalue weighted by molar-refractivity contribution is -0.119. The molecule has 0 radical (unpaired) electrons. The van der Waals surface area contributed by atoms with Gasteiger partial charge in [-0.3, -0.25) is 4.79 Å². The minimum atomic E-state index is -0.381. The molecule has 1 atom stereocenters. The van der Waals surface area contributed by atoms with Crippen LogP contribution in [0.1, 0.15) is 0 Å². The van der Waals surface area contributed by atoms with Crippen LogP contribution >= 0.6 is 0 Å². The van der Waals surface area contributed by atoms with Gasteiger partial charge in [0.25, 0.3) is 0 Å². The Balaban J connectivity index is 2.09. The third kappa shape index (κ3) is 2.10. The smallest absolute Gasteiger partial charge is 0.241 e. The van der Waals surface area contributed by atoms with E-state index in [-0.39, 0.29) is 11.9 Å². The molecule has 1 aliphatic rings. The van der Waals surface area contributed by atoms with Crippen molar-refractivity contribution in [1.29, 1.82) is 0 Å². The molecule has 1 saturated heterocycles. The molecule has 2 aromatic rings. The normalized spacial score (nSPS) is 19.6. The molecule has 3 N–H and O–H groups in total. The van der Waals surface area contributed by atoms with Gasteiger partial charge in [0, 0.05) is 30.4 Å². The summed E-state index contributed by atoms with van der Waals surface area (Å²) in [6, 6.07) is 7.49. The van der Waals surface area contributed by atoms with E-state index in [0.717, 1.165) is 23.1 Å². The zero-order chi connectivity index (χ0) is 13.2. The minimum Gasteiger partial charge on any atom is -0.368 e. The summed E-state index contributed by atoms with van der Waals surface area (Å²) in [5, 5.41) is 13.4. The minimum absolute atomic E-state index is 0.345. The van der Waals surface area contributed by atoms with E-state index in [1.807, 2.05) is 29.2 Å². The largest absolute Gasteiger partial charge is 0.368 e. The number of carbonyl (C=O) groups is 1. The highest BCUT2D eigenvalue weighted by atomic mass is 16.1. The van der Waals surface area contributed by atoms with Crippen LogP contribution in [-0.4, -0.2) is 41.8 Å². The second-order valence-corrected chi connectivity index (χ2v) is 4.57. The maximum absolute atomic E-state index is 11.6. The molecule has 0 bridgehead atoms. The van der Waals surface area contributed by atoms with Crippen LogP contribution in [0.15, 0.2) is 30.5 Å². The van der Waals surface area contributed by atoms with Crippen LogP contribution in [0.25, 0.3) is 10.8 Å². The molecular weight excluding hydrogens is 242 g/mol. The maximum Gasteiger partial charge on any atom is 0.241 e. The van der Waals surface area contributed by atoms with Crippen molar-refractivity contribution in [2.75, 3.05) is 24.5 Å². The Morgan fingerprint density at radius 1 is 1.42 bits per heavy atom. The highest BCUT2D eigenvalue weighted by Crippen LogP contribution is 2.25. The molecule has 3 rings (SSSR count). The van der Waals surface area contributed by atoms with Crippen molar-refractivity contribution in [3.63, 3.8) is 0 Å². The average Bonchev–Trinajstić information content (AvgIpc) is 2.46. The summed E-state index contributed by atoms with van der Waals surface area (Å²) in [7, 11) is 0. The molecule has 6 nitrogen and oxygen atoms in total. The lowest BCUT2D eigenvalue weighted by Crippen LogP contribution is -2.57. The van der Waals surface area contributed by atoms with Gasteiger partial charge in [-0.25, -0.2) is 0 Å². The second kappa shape index (κ2) is 4.81. The molecule has 0 spiro atoms. The standard InChI is InChI=1S/C13H15N5O/c14-12(19)11-8-15-5-6-18(11)13-10-4-2-1-3-9(10)7-16-17-13/h1-4,7,11,15H,5-6,8H2,(H2,14,19). The molecule has 1 amide bonds. The number of nitrogens with one attached hydrogen (secondary N) is 1. The summed E-state index contributed by atoms with van der Waals surface area (Å²) in [6.45, 7) is 2.03. The third-order valence-electron chi connectivity index (χ3n) is 3.39. The van der Waals surface area contributed by atoms with E-state index in [0.29, 0.717) is 13.1 Å². The van der Waals surface area contributed by atoms with E-state index < -0.39 is 0 Å². The molecule has 0 saturated carbocycles. The summed E-state index contributed by atoms with van der Waals surface area (Å²) < 4.78 is 0. The number of primary amides is 1. The number of rotatable bonds is 2. The van der Waals surface area contributed by atoms with Gasteiger partial charge >= 0.3 is 0 Å². The van der Waals surface area contributed by atoms with Crippen LogP contribution in [-0.2, 0) is 4.79 Å². The van der Waals surface area contributed by atoms with Crippen molar-refractivity contribution in [2.24, 2.45) is 5.73 Å². The Hall–Kier alpha value is -2.21. The van der Waals surface area contributed by atoms with E-state index in [4.69, 9.17) is 5.73 Å². The number of hydrogen-bond acceptors (Lipinski definition) is 5. The number of amides is 1. The van der Waals surface area contributed by atoms with Gasteiger partial charge in [0.2, 0.25) is 5.91 Å². The fourth-order valence-electron chi connectivity index (χ4n) is 2.44. The summed E-state index contributed by atoms with van der Waals surface area (Å²) >= 11 is 0. The fraction of sp³-hybridized carbons (Fsp3) is 0.308. The molecule has 2 heterocycles. The number of piperazine rings is 1. The molecule has 98 valence electrons. The zero-order valence-electron chi connectivity index (χ0n) is 10.4. The quantitative estimate of drug-likeness (QED) is 0.784. The molecule has 6 heteroatoms. The maximum atomic E-state index is 11.6. The Bertz CT molecular complexity index is 610. The number of nitrogens with zero attached hydrogens (tertiary/aromatic N) is 3. The topological polar surface area (TPSA) is 84.1 Å². The Morgan fingerprint density at radius 3 is 3.11 bits per heavy atom. The van der Waals surface area contributed by atoms with Crippen LogP contribution in [0, 0.1) is 0 Å². The van der Waals surface area contributed by atoms with Gasteiger partial charge in [0.1, 0.15) is 6.04 Å². The van der Waals surface area contributed by atoms with Crippen LogP contribution in [0.5, 0.6) is 0 Å². The number of nitrogens with two attached hydrogens (primary N) is 1. The number of carbonyl (C=O) groups excluding carboxylic acids is 1. The van der Waals surface area contributed by atoms with Gasteiger partial charge in [-0.1, -0.05) is 24.3 Å². The second-order valence-electron chi connectivity index (χ2n) is 4.57. The molecule has 1 unspecified atom stereocenters. The fourth-order valence-corrected chi connectivity index (χ4v) is 2.44. The predicted octanol–water partition coefficient (Wildman–Crippen LogP) is -0.107. The van der Waals surface area contributed by atoms with Crippen LogP contribution < -0.4 is 16.0 Å². The van der Waals surface area contributed by atoms with Gasteiger partial charge in [-0.15, -0.1) is 5.10 Å². The Morgan fingerprint density at radius 2 is 2.26 bits per heavy atom. The lowest BCUT2D eigenvalue weighted by atomic mass is 10.1. The predicted molar refractivity (Wildman–Crippen MR) is 72.7 cm³/mol. The monoisotopic (exact) mass is 257 g/mol. The SMILES string of the molecule is NC(=O)C1CNCCN1c1nncc2ccccc12. The molecule has 1 aliphatic heterocycles. The number of aromatic nitrogens is 2. The molecule has 0 aliphatic carbocycles. The summed E-state index contributed by atoms with van der Waals surface area (Å²) in [5.74, 6) is 0.380. The van der Waals surface area contributed by atoms with Gasteiger partial charge in [-0.2, -0.15) is 5.10 Å². The molecule has 1 aromatic heterocycles. The highest BCUT2D eigenvalue weighted by molar-refractivity contribution is 5.94.